The lowest BCUT2D eigenvalue weighted by atomic mass is 10.5. The molecule has 2 aliphatic rings. The highest BCUT2D eigenvalue weighted by Gasteiger charge is 2.38. The van der Waals surface area contributed by atoms with E-state index in [4.69, 9.17) is 21.3 Å². The Morgan fingerprint density at radius 3 is 1.82 bits per heavy atom. The van der Waals surface area contributed by atoms with Gasteiger partial charge in [0.05, 0.1) is 40.9 Å². The van der Waals surface area contributed by atoms with Gasteiger partial charge in [-0.3, -0.25) is 9.34 Å². The Bertz CT molecular complexity index is 564. The summed E-state index contributed by atoms with van der Waals surface area (Å²) in [5, 5.41) is 0. The average Bonchev–Trinajstić information content (AvgIpc) is 2.83. The van der Waals surface area contributed by atoms with Crippen molar-refractivity contribution in [2.75, 3.05) is 52.6 Å². The van der Waals surface area contributed by atoms with E-state index in [1.54, 1.807) is 0 Å². The third-order valence-electron chi connectivity index (χ3n) is 4.13. The molecule has 3 rings (SSSR count). The van der Waals surface area contributed by atoms with Crippen molar-refractivity contribution in [1.29, 1.82) is 0 Å². The van der Waals surface area contributed by atoms with Crippen LogP contribution in [0.4, 0.5) is 0 Å². The quantitative estimate of drug-likeness (QED) is 0.629. The van der Waals surface area contributed by atoms with Gasteiger partial charge in [0.25, 0.3) is 0 Å². The maximum atomic E-state index is 6.36. The molecular formula is C13H20Br2N3O2PS. The highest BCUT2D eigenvalue weighted by molar-refractivity contribution is 9.13. The van der Waals surface area contributed by atoms with Gasteiger partial charge in [0.15, 0.2) is 0 Å². The van der Waals surface area contributed by atoms with Crippen LogP contribution in [0, 0.1) is 0 Å². The van der Waals surface area contributed by atoms with E-state index >= 15 is 0 Å². The summed E-state index contributed by atoms with van der Waals surface area (Å²) in [5.41, 5.74) is 1.21. The Hall–Kier alpha value is 0.730. The molecule has 0 amide bonds. The van der Waals surface area contributed by atoms with Crippen LogP contribution in [-0.4, -0.2) is 66.5 Å². The third kappa shape index (κ3) is 3.14. The van der Waals surface area contributed by atoms with Gasteiger partial charge in [-0.2, -0.15) is 0 Å². The molecule has 22 heavy (non-hydrogen) atoms. The zero-order valence-corrected chi connectivity index (χ0v) is 17.4. The number of hydrogen-bond donors (Lipinski definition) is 0. The van der Waals surface area contributed by atoms with Gasteiger partial charge < -0.3 is 14.0 Å². The van der Waals surface area contributed by atoms with Crippen LogP contribution in [0.25, 0.3) is 0 Å². The van der Waals surface area contributed by atoms with Gasteiger partial charge in [-0.1, -0.05) is 11.8 Å². The van der Waals surface area contributed by atoms with Crippen LogP contribution < -0.4 is 5.44 Å². The molecule has 2 aliphatic heterocycles. The van der Waals surface area contributed by atoms with Crippen molar-refractivity contribution in [3.63, 3.8) is 0 Å². The van der Waals surface area contributed by atoms with Crippen molar-refractivity contribution in [2.45, 2.75) is 0 Å². The molecule has 0 N–H and O–H groups in total. The zero-order chi connectivity index (χ0) is 15.7. The first-order valence-corrected chi connectivity index (χ1v) is 11.6. The van der Waals surface area contributed by atoms with Gasteiger partial charge in [0.2, 0.25) is 0 Å². The molecule has 0 spiro atoms. The van der Waals surface area contributed by atoms with E-state index in [1.807, 2.05) is 0 Å². The van der Waals surface area contributed by atoms with Crippen LogP contribution in [0.1, 0.15) is 0 Å². The molecule has 0 aromatic carbocycles. The van der Waals surface area contributed by atoms with E-state index < -0.39 is 6.34 Å². The number of aromatic nitrogens is 1. The summed E-state index contributed by atoms with van der Waals surface area (Å²) in [5.74, 6) is 0. The number of hydrogen-bond acceptors (Lipinski definition) is 3. The predicted molar refractivity (Wildman–Crippen MR) is 99.5 cm³/mol. The average molecular weight is 473 g/mol. The molecule has 124 valence electrons. The Balaban J connectivity index is 2.04. The van der Waals surface area contributed by atoms with Gasteiger partial charge >= 0.3 is 0 Å². The first-order chi connectivity index (χ1) is 10.5. The summed E-state index contributed by atoms with van der Waals surface area (Å²) in [4.78, 5) is 0. The molecule has 5 nitrogen and oxygen atoms in total. The Morgan fingerprint density at radius 2 is 1.45 bits per heavy atom. The topological polar surface area (TPSA) is 29.9 Å². The lowest BCUT2D eigenvalue weighted by Gasteiger charge is -2.45. The van der Waals surface area contributed by atoms with E-state index in [0.717, 1.165) is 61.7 Å². The molecule has 3 heterocycles. The molecular weight excluding hydrogens is 453 g/mol. The largest absolute Gasteiger partial charge is 0.379 e. The zero-order valence-electron chi connectivity index (χ0n) is 12.5. The SMILES string of the molecule is Cn1c(P(=S)(N2CCOCC2)N2CCOCC2)cc(Br)c1Br. The summed E-state index contributed by atoms with van der Waals surface area (Å²) in [6.45, 7) is 6.63. The minimum atomic E-state index is -2.02. The molecule has 0 atom stereocenters. The first-order valence-electron chi connectivity index (χ1n) is 7.33. The fraction of sp³-hybridized carbons (Fsp3) is 0.692. The van der Waals surface area contributed by atoms with Gasteiger partial charge in [0.1, 0.15) is 6.34 Å². The summed E-state index contributed by atoms with van der Waals surface area (Å²) < 4.78 is 20.3. The Labute approximate surface area is 153 Å². The number of nitrogens with zero attached hydrogens (tertiary/aromatic N) is 3. The second-order valence-electron chi connectivity index (χ2n) is 5.38. The van der Waals surface area contributed by atoms with Crippen molar-refractivity contribution >= 4 is 55.4 Å². The monoisotopic (exact) mass is 471 g/mol. The molecule has 2 saturated heterocycles. The lowest BCUT2D eigenvalue weighted by Crippen LogP contribution is -2.47. The molecule has 1 aromatic heterocycles. The third-order valence-corrected chi connectivity index (χ3v) is 11.5. The summed E-state index contributed by atoms with van der Waals surface area (Å²) in [7, 11) is 2.08. The smallest absolute Gasteiger partial charge is 0.123 e. The van der Waals surface area contributed by atoms with Crippen LogP contribution in [0.3, 0.4) is 0 Å². The predicted octanol–water partition coefficient (Wildman–Crippen LogP) is 2.15. The van der Waals surface area contributed by atoms with Gasteiger partial charge in [-0.25, -0.2) is 0 Å². The highest BCUT2D eigenvalue weighted by Crippen LogP contribution is 2.54. The molecule has 9 heteroatoms. The minimum Gasteiger partial charge on any atom is -0.379 e. The molecule has 0 saturated carbocycles. The summed E-state index contributed by atoms with van der Waals surface area (Å²) >= 11 is 13.6. The Kier molecular flexibility index (Phi) is 5.83. The van der Waals surface area contributed by atoms with E-state index in [2.05, 4.69) is 58.9 Å². The molecule has 0 aliphatic carbocycles. The van der Waals surface area contributed by atoms with E-state index in [1.165, 1.54) is 5.44 Å². The normalized spacial score (nSPS) is 22.1. The number of ether oxygens (including phenoxy) is 2. The fourth-order valence-corrected chi connectivity index (χ4v) is 8.67. The molecule has 2 fully saturated rings. The number of halogens is 2. The summed E-state index contributed by atoms with van der Waals surface area (Å²) in [6, 6.07) is 2.18. The second kappa shape index (κ2) is 7.31. The maximum Gasteiger partial charge on any atom is 0.123 e. The van der Waals surface area contributed by atoms with E-state index in [-0.39, 0.29) is 0 Å². The van der Waals surface area contributed by atoms with Crippen molar-refractivity contribution in [3.05, 3.63) is 15.1 Å². The van der Waals surface area contributed by atoms with E-state index in [9.17, 15) is 0 Å². The van der Waals surface area contributed by atoms with E-state index in [0.29, 0.717) is 0 Å². The van der Waals surface area contributed by atoms with Crippen LogP contribution >= 0.6 is 38.2 Å². The van der Waals surface area contributed by atoms with Crippen molar-refractivity contribution < 1.29 is 9.47 Å². The van der Waals surface area contributed by atoms with Gasteiger partial charge in [0, 0.05) is 33.2 Å². The van der Waals surface area contributed by atoms with Gasteiger partial charge in [-0.05, 0) is 37.9 Å². The van der Waals surface area contributed by atoms with Crippen molar-refractivity contribution in [3.8, 4) is 0 Å². The maximum absolute atomic E-state index is 6.36. The molecule has 0 radical (unpaired) electrons. The Morgan fingerprint density at radius 1 is 1.00 bits per heavy atom. The molecule has 0 bridgehead atoms. The van der Waals surface area contributed by atoms with Crippen LogP contribution in [-0.2, 0) is 28.3 Å². The fourth-order valence-electron chi connectivity index (χ4n) is 2.93. The summed E-state index contributed by atoms with van der Waals surface area (Å²) in [6.07, 6.45) is -2.02. The highest BCUT2D eigenvalue weighted by atomic mass is 79.9. The van der Waals surface area contributed by atoms with Crippen molar-refractivity contribution in [1.82, 2.24) is 13.9 Å². The van der Waals surface area contributed by atoms with Crippen LogP contribution in [0.5, 0.6) is 0 Å². The second-order valence-corrected chi connectivity index (χ2v) is 11.2. The lowest BCUT2D eigenvalue weighted by molar-refractivity contribution is 0.0588. The molecule has 0 unspecified atom stereocenters. The first kappa shape index (κ1) is 17.5. The van der Waals surface area contributed by atoms with Crippen LogP contribution in [0.15, 0.2) is 15.1 Å². The number of morpholine rings is 2. The van der Waals surface area contributed by atoms with Gasteiger partial charge in [-0.15, -0.1) is 0 Å². The standard InChI is InChI=1S/C13H20Br2N3O2PS/c1-16-12(10-11(14)13(16)15)21(22,17-2-6-19-7-3-17)18-4-8-20-9-5-18/h10H,2-9H2,1H3. The van der Waals surface area contributed by atoms with Crippen molar-refractivity contribution in [2.24, 2.45) is 7.05 Å². The van der Waals surface area contributed by atoms with Crippen LogP contribution in [0.2, 0.25) is 0 Å². The number of rotatable bonds is 3. The molecule has 1 aromatic rings. The minimum absolute atomic E-state index is 0.759.